The Kier molecular flexibility index (Phi) is 2.41. The molecular weight excluding hydrogens is 182 g/mol. The van der Waals surface area contributed by atoms with Crippen LogP contribution in [0, 0.1) is 0 Å². The van der Waals surface area contributed by atoms with E-state index < -0.39 is 0 Å². The van der Waals surface area contributed by atoms with E-state index in [4.69, 9.17) is 4.74 Å². The summed E-state index contributed by atoms with van der Waals surface area (Å²) >= 11 is 1.73. The van der Waals surface area contributed by atoms with E-state index in [1.54, 1.807) is 11.3 Å². The number of hydrogen-bond donors (Lipinski definition) is 1. The van der Waals surface area contributed by atoms with Crippen LogP contribution in [0.5, 0.6) is 0 Å². The number of rotatable bonds is 1. The molecule has 1 unspecified atom stereocenters. The fraction of sp³-hybridized carbons (Fsp3) is 0.600. The van der Waals surface area contributed by atoms with Crippen LogP contribution < -0.4 is 5.32 Å². The summed E-state index contributed by atoms with van der Waals surface area (Å²) in [5.74, 6) is 0. The van der Waals surface area contributed by atoms with E-state index in [9.17, 15) is 0 Å². The monoisotopic (exact) mass is 197 g/mol. The molecule has 0 aromatic carbocycles. The van der Waals surface area contributed by atoms with Crippen LogP contribution in [0.2, 0.25) is 0 Å². The third kappa shape index (κ3) is 2.10. The minimum absolute atomic E-state index is 0.131. The minimum Gasteiger partial charge on any atom is -0.370 e. The SMILES string of the molecule is CC1(C)COC(c2ccsc2)CN1. The maximum absolute atomic E-state index is 5.78. The number of morpholine rings is 1. The molecule has 1 fully saturated rings. The molecule has 0 bridgehead atoms. The predicted octanol–water partition coefficient (Wildman–Crippen LogP) is 2.19. The molecule has 1 N–H and O–H groups in total. The van der Waals surface area contributed by atoms with E-state index in [2.05, 4.69) is 36.0 Å². The van der Waals surface area contributed by atoms with E-state index >= 15 is 0 Å². The zero-order valence-electron chi connectivity index (χ0n) is 8.04. The molecule has 3 heteroatoms. The van der Waals surface area contributed by atoms with Gasteiger partial charge < -0.3 is 10.1 Å². The van der Waals surface area contributed by atoms with Crippen molar-refractivity contribution in [2.75, 3.05) is 13.2 Å². The molecule has 1 saturated heterocycles. The zero-order chi connectivity index (χ0) is 9.31. The van der Waals surface area contributed by atoms with Gasteiger partial charge >= 0.3 is 0 Å². The highest BCUT2D eigenvalue weighted by molar-refractivity contribution is 7.07. The van der Waals surface area contributed by atoms with Gasteiger partial charge in [-0.05, 0) is 36.2 Å². The third-order valence-electron chi connectivity index (χ3n) is 2.33. The molecule has 1 atom stereocenters. The largest absolute Gasteiger partial charge is 0.370 e. The van der Waals surface area contributed by atoms with Gasteiger partial charge in [0.15, 0.2) is 0 Å². The minimum atomic E-state index is 0.131. The average Bonchev–Trinajstić information content (AvgIpc) is 2.56. The Morgan fingerprint density at radius 2 is 2.46 bits per heavy atom. The second kappa shape index (κ2) is 3.40. The van der Waals surface area contributed by atoms with E-state index in [0.717, 1.165) is 13.2 Å². The van der Waals surface area contributed by atoms with E-state index in [1.807, 2.05) is 0 Å². The molecular formula is C10H15NOS. The maximum atomic E-state index is 5.78. The van der Waals surface area contributed by atoms with Crippen LogP contribution in [0.25, 0.3) is 0 Å². The molecule has 0 radical (unpaired) electrons. The molecule has 0 spiro atoms. The summed E-state index contributed by atoms with van der Waals surface area (Å²) in [6.45, 7) is 6.03. The Bertz CT molecular complexity index is 258. The second-order valence-corrected chi connectivity index (χ2v) is 4.90. The van der Waals surface area contributed by atoms with E-state index in [-0.39, 0.29) is 11.6 Å². The summed E-state index contributed by atoms with van der Waals surface area (Å²) in [7, 11) is 0. The lowest BCUT2D eigenvalue weighted by Gasteiger charge is -2.35. The second-order valence-electron chi connectivity index (χ2n) is 4.12. The standard InChI is InChI=1S/C10H15NOS/c1-10(2)7-12-9(5-11-10)8-3-4-13-6-8/h3-4,6,9,11H,5,7H2,1-2H3. The molecule has 2 rings (SSSR count). The topological polar surface area (TPSA) is 21.3 Å². The lowest BCUT2D eigenvalue weighted by molar-refractivity contribution is -0.0226. The van der Waals surface area contributed by atoms with Gasteiger partial charge in [-0.3, -0.25) is 0 Å². The highest BCUT2D eigenvalue weighted by atomic mass is 32.1. The van der Waals surface area contributed by atoms with E-state index in [1.165, 1.54) is 5.56 Å². The van der Waals surface area contributed by atoms with Crippen molar-refractivity contribution in [3.8, 4) is 0 Å². The van der Waals surface area contributed by atoms with Crippen LogP contribution in [-0.2, 0) is 4.74 Å². The van der Waals surface area contributed by atoms with Gasteiger partial charge in [0.1, 0.15) is 0 Å². The lowest BCUT2D eigenvalue weighted by Crippen LogP contribution is -2.50. The van der Waals surface area contributed by atoms with E-state index in [0.29, 0.717) is 0 Å². The molecule has 72 valence electrons. The van der Waals surface area contributed by atoms with Crippen molar-refractivity contribution in [1.29, 1.82) is 0 Å². The quantitative estimate of drug-likeness (QED) is 0.745. The molecule has 1 aliphatic rings. The molecule has 1 aliphatic heterocycles. The first-order valence-corrected chi connectivity index (χ1v) is 5.50. The van der Waals surface area contributed by atoms with Crippen molar-refractivity contribution in [3.05, 3.63) is 22.4 Å². The highest BCUT2D eigenvalue weighted by Crippen LogP contribution is 2.24. The van der Waals surface area contributed by atoms with Crippen molar-refractivity contribution in [3.63, 3.8) is 0 Å². The third-order valence-corrected chi connectivity index (χ3v) is 3.03. The van der Waals surface area contributed by atoms with Crippen LogP contribution in [0.4, 0.5) is 0 Å². The van der Waals surface area contributed by atoms with Crippen LogP contribution in [0.1, 0.15) is 25.5 Å². The summed E-state index contributed by atoms with van der Waals surface area (Å²) in [4.78, 5) is 0. The van der Waals surface area contributed by atoms with Gasteiger partial charge in [0.2, 0.25) is 0 Å². The van der Waals surface area contributed by atoms with Crippen molar-refractivity contribution in [1.82, 2.24) is 5.32 Å². The van der Waals surface area contributed by atoms with Gasteiger partial charge in [-0.15, -0.1) is 0 Å². The van der Waals surface area contributed by atoms with Crippen LogP contribution in [-0.4, -0.2) is 18.7 Å². The Morgan fingerprint density at radius 1 is 1.62 bits per heavy atom. The number of nitrogens with one attached hydrogen (secondary N) is 1. The Labute approximate surface area is 82.9 Å². The smallest absolute Gasteiger partial charge is 0.0958 e. The van der Waals surface area contributed by atoms with Crippen molar-refractivity contribution >= 4 is 11.3 Å². The number of ether oxygens (including phenoxy) is 1. The molecule has 1 aromatic heterocycles. The van der Waals surface area contributed by atoms with Gasteiger partial charge in [-0.1, -0.05) is 0 Å². The van der Waals surface area contributed by atoms with Gasteiger partial charge in [-0.2, -0.15) is 11.3 Å². The van der Waals surface area contributed by atoms with Crippen LogP contribution >= 0.6 is 11.3 Å². The van der Waals surface area contributed by atoms with Crippen LogP contribution in [0.15, 0.2) is 16.8 Å². The van der Waals surface area contributed by atoms with Gasteiger partial charge in [0, 0.05) is 12.1 Å². The molecule has 13 heavy (non-hydrogen) atoms. The average molecular weight is 197 g/mol. The molecule has 0 aliphatic carbocycles. The first-order valence-electron chi connectivity index (χ1n) is 4.56. The molecule has 2 heterocycles. The fourth-order valence-electron chi connectivity index (χ4n) is 1.46. The van der Waals surface area contributed by atoms with Crippen molar-refractivity contribution in [2.24, 2.45) is 0 Å². The molecule has 0 amide bonds. The summed E-state index contributed by atoms with van der Waals surface area (Å²) in [5.41, 5.74) is 1.43. The summed E-state index contributed by atoms with van der Waals surface area (Å²) in [6.07, 6.45) is 0.249. The van der Waals surface area contributed by atoms with Gasteiger partial charge in [0.25, 0.3) is 0 Å². The molecule has 2 nitrogen and oxygen atoms in total. The van der Waals surface area contributed by atoms with Crippen molar-refractivity contribution in [2.45, 2.75) is 25.5 Å². The summed E-state index contributed by atoms with van der Waals surface area (Å²) in [6, 6.07) is 2.13. The Morgan fingerprint density at radius 3 is 3.00 bits per heavy atom. The summed E-state index contributed by atoms with van der Waals surface area (Å²) < 4.78 is 5.78. The lowest BCUT2D eigenvalue weighted by atomic mass is 10.0. The normalized spacial score (nSPS) is 27.4. The first kappa shape index (κ1) is 9.19. The first-order chi connectivity index (χ1) is 6.17. The fourth-order valence-corrected chi connectivity index (χ4v) is 2.16. The van der Waals surface area contributed by atoms with Crippen LogP contribution in [0.3, 0.4) is 0 Å². The molecule has 0 saturated carbocycles. The van der Waals surface area contributed by atoms with Gasteiger partial charge in [-0.25, -0.2) is 0 Å². The van der Waals surface area contributed by atoms with Gasteiger partial charge in [0.05, 0.1) is 12.7 Å². The molecule has 1 aromatic rings. The Balaban J connectivity index is 1.99. The van der Waals surface area contributed by atoms with Crippen molar-refractivity contribution < 1.29 is 4.74 Å². The highest BCUT2D eigenvalue weighted by Gasteiger charge is 2.27. The number of hydrogen-bond acceptors (Lipinski definition) is 3. The number of thiophene rings is 1. The Hall–Kier alpha value is -0.380. The maximum Gasteiger partial charge on any atom is 0.0958 e. The zero-order valence-corrected chi connectivity index (χ0v) is 8.86. The predicted molar refractivity (Wildman–Crippen MR) is 55.1 cm³/mol. The summed E-state index contributed by atoms with van der Waals surface area (Å²) in [5, 5.41) is 7.73.